The number of para-hydroxylation sites is 1. The number of nitrogens with zero attached hydrogens (tertiary/aromatic N) is 1. The quantitative estimate of drug-likeness (QED) is 0.133. The van der Waals surface area contributed by atoms with Gasteiger partial charge in [0.05, 0.1) is 34.6 Å². The zero-order valence-corrected chi connectivity index (χ0v) is 26.4. The summed E-state index contributed by atoms with van der Waals surface area (Å²) in [5.41, 5.74) is 6.93. The van der Waals surface area contributed by atoms with Gasteiger partial charge in [-0.05, 0) is 76.3 Å². The van der Waals surface area contributed by atoms with E-state index in [0.717, 1.165) is 43.1 Å². The van der Waals surface area contributed by atoms with Gasteiger partial charge in [-0.25, -0.2) is 4.72 Å². The fourth-order valence-electron chi connectivity index (χ4n) is 4.62. The molecule has 0 spiro atoms. The minimum absolute atomic E-state index is 0.287. The Hall–Kier alpha value is -4.04. The molecule has 1 fully saturated rings. The Kier molecular flexibility index (Phi) is 10.5. The minimum Gasteiger partial charge on any atom is -0.463 e. The molecule has 2 aromatic rings. The van der Waals surface area contributed by atoms with Crippen molar-refractivity contribution in [3.05, 3.63) is 77.6 Å². The first-order valence-corrected chi connectivity index (χ1v) is 15.2. The van der Waals surface area contributed by atoms with E-state index in [1.807, 2.05) is 17.2 Å². The number of nitrogens with one attached hydrogen (secondary N) is 3. The molecule has 1 atom stereocenters. The van der Waals surface area contributed by atoms with E-state index in [0.29, 0.717) is 41.3 Å². The fourth-order valence-corrected chi connectivity index (χ4v) is 5.27. The van der Waals surface area contributed by atoms with Crippen molar-refractivity contribution in [2.45, 2.75) is 65.4 Å². The van der Waals surface area contributed by atoms with Gasteiger partial charge in [-0.2, -0.15) is 0 Å². The topological polar surface area (TPSA) is 127 Å². The molecule has 2 heterocycles. The summed E-state index contributed by atoms with van der Waals surface area (Å²) in [6.45, 7) is 7.58. The zero-order chi connectivity index (χ0) is 32.8. The number of benzene rings is 2. The van der Waals surface area contributed by atoms with Crippen LogP contribution < -0.4 is 25.8 Å². The number of carbonyl (C=O) groups excluding carboxylic acids is 2. The highest BCUT2D eigenvalue weighted by Gasteiger charge is 2.35. The molecule has 0 saturated carbocycles. The first-order valence-electron chi connectivity index (χ1n) is 14.4. The van der Waals surface area contributed by atoms with Crippen LogP contribution in [0.25, 0.3) is 0 Å². The molecule has 1 saturated heterocycles. The number of nitrogens with two attached hydrogens (primary N) is 1. The third-order valence-electron chi connectivity index (χ3n) is 7.06. The van der Waals surface area contributed by atoms with Gasteiger partial charge in [0.2, 0.25) is 5.88 Å². The average molecular weight is 650 g/mol. The first-order chi connectivity index (χ1) is 21.1. The predicted octanol–water partition coefficient (Wildman–Crippen LogP) is 6.69. The fraction of sp³-hybridized carbons (Fsp3) is 0.419. The van der Waals surface area contributed by atoms with Crippen LogP contribution in [-0.4, -0.2) is 35.6 Å². The van der Waals surface area contributed by atoms with E-state index in [9.17, 15) is 22.8 Å². The Morgan fingerprint density at radius 2 is 1.87 bits per heavy atom. The second-order valence-corrected chi connectivity index (χ2v) is 12.7. The van der Waals surface area contributed by atoms with E-state index < -0.39 is 34.3 Å². The smallest absolute Gasteiger partial charge is 0.463 e. The highest BCUT2D eigenvalue weighted by atomic mass is 32.2. The summed E-state index contributed by atoms with van der Waals surface area (Å²) >= 11 is 0.653. The van der Waals surface area contributed by atoms with Crippen LogP contribution in [0.15, 0.2) is 66.5 Å². The summed E-state index contributed by atoms with van der Waals surface area (Å²) in [5.74, 6) is -0.279. The van der Waals surface area contributed by atoms with Gasteiger partial charge in [-0.15, -0.1) is 13.2 Å². The van der Waals surface area contributed by atoms with Crippen LogP contribution in [0, 0.1) is 5.41 Å². The maximum absolute atomic E-state index is 13.3. The number of hydrogen-bond acceptors (Lipinski definition) is 10. The number of esters is 1. The molecule has 45 heavy (non-hydrogen) atoms. The highest BCUT2D eigenvalue weighted by molar-refractivity contribution is 8.12. The van der Waals surface area contributed by atoms with Gasteiger partial charge in [0, 0.05) is 24.7 Å². The molecule has 2 aliphatic heterocycles. The lowest BCUT2D eigenvalue weighted by Gasteiger charge is -2.31. The minimum atomic E-state index is -4.90. The van der Waals surface area contributed by atoms with E-state index in [1.165, 1.54) is 12.1 Å². The maximum atomic E-state index is 13.3. The van der Waals surface area contributed by atoms with Gasteiger partial charge < -0.3 is 35.5 Å². The van der Waals surface area contributed by atoms with Crippen molar-refractivity contribution in [3.8, 4) is 5.75 Å². The summed E-state index contributed by atoms with van der Waals surface area (Å²) < 4.78 is 57.2. The van der Waals surface area contributed by atoms with Crippen molar-refractivity contribution in [1.29, 1.82) is 0 Å². The maximum Gasteiger partial charge on any atom is 0.573 e. The SMILES string of the molecule is CC(C)(C)C(=O)OCC(C)(NSC(=O)Nc1c(N)cccc1CN1C=CO/C1=C1/CCCCN1)c1cccc(OC(F)(F)F)c1. The summed E-state index contributed by atoms with van der Waals surface area (Å²) in [6.07, 6.45) is 1.53. The van der Waals surface area contributed by atoms with Gasteiger partial charge in [0.15, 0.2) is 0 Å². The molecule has 0 bridgehead atoms. The Labute approximate surface area is 264 Å². The van der Waals surface area contributed by atoms with Crippen molar-refractivity contribution in [3.63, 3.8) is 0 Å². The summed E-state index contributed by atoms with van der Waals surface area (Å²) in [5, 5.41) is 5.68. The molecule has 2 aliphatic rings. The van der Waals surface area contributed by atoms with Gasteiger partial charge in [-0.3, -0.25) is 9.59 Å². The Balaban J connectivity index is 1.51. The first kappa shape index (κ1) is 33.8. The van der Waals surface area contributed by atoms with Crippen LogP contribution in [0.2, 0.25) is 0 Å². The normalized spacial score (nSPS) is 18.1. The average Bonchev–Trinajstić information content (AvgIpc) is 3.44. The summed E-state index contributed by atoms with van der Waals surface area (Å²) in [7, 11) is 0. The van der Waals surface area contributed by atoms with Crippen LogP contribution in [0.1, 0.15) is 58.1 Å². The number of allylic oxidation sites excluding steroid dienone is 1. The molecule has 14 heteroatoms. The van der Waals surface area contributed by atoms with E-state index in [4.69, 9.17) is 15.2 Å². The molecule has 0 aliphatic carbocycles. The van der Waals surface area contributed by atoms with Crippen LogP contribution in [-0.2, 0) is 26.4 Å². The number of ether oxygens (including phenoxy) is 3. The zero-order valence-electron chi connectivity index (χ0n) is 25.5. The monoisotopic (exact) mass is 649 g/mol. The number of carbonyl (C=O) groups is 2. The van der Waals surface area contributed by atoms with Crippen LogP contribution >= 0.6 is 11.9 Å². The van der Waals surface area contributed by atoms with E-state index in [2.05, 4.69) is 20.1 Å². The van der Waals surface area contributed by atoms with E-state index in [-0.39, 0.29) is 6.61 Å². The number of piperidine rings is 1. The van der Waals surface area contributed by atoms with Crippen molar-refractivity contribution in [2.75, 3.05) is 24.2 Å². The lowest BCUT2D eigenvalue weighted by Crippen LogP contribution is -2.42. The molecule has 2 aromatic carbocycles. The number of nitrogen functional groups attached to an aromatic ring is 1. The molecule has 10 nitrogen and oxygen atoms in total. The second-order valence-electron chi connectivity index (χ2n) is 11.9. The lowest BCUT2D eigenvalue weighted by molar-refractivity contribution is -0.274. The van der Waals surface area contributed by atoms with Crippen molar-refractivity contribution >= 4 is 34.5 Å². The number of halogens is 3. The van der Waals surface area contributed by atoms with Gasteiger partial charge in [0.1, 0.15) is 18.6 Å². The number of rotatable bonds is 9. The number of anilines is 2. The van der Waals surface area contributed by atoms with E-state index in [1.54, 1.807) is 52.2 Å². The molecular formula is C31H38F3N5O5S. The Morgan fingerprint density at radius 3 is 2.56 bits per heavy atom. The molecular weight excluding hydrogens is 611 g/mol. The molecule has 0 aromatic heterocycles. The van der Waals surface area contributed by atoms with E-state index >= 15 is 0 Å². The van der Waals surface area contributed by atoms with Crippen LogP contribution in [0.5, 0.6) is 5.75 Å². The van der Waals surface area contributed by atoms with Crippen molar-refractivity contribution < 1.29 is 37.0 Å². The third kappa shape index (κ3) is 9.24. The second kappa shape index (κ2) is 13.9. The molecule has 1 unspecified atom stereocenters. The van der Waals surface area contributed by atoms with Gasteiger partial charge in [-0.1, -0.05) is 24.3 Å². The summed E-state index contributed by atoms with van der Waals surface area (Å²) in [6, 6.07) is 10.6. The number of alkyl halides is 3. The molecule has 4 rings (SSSR count). The van der Waals surface area contributed by atoms with Crippen LogP contribution in [0.3, 0.4) is 0 Å². The van der Waals surface area contributed by atoms with Gasteiger partial charge in [0.25, 0.3) is 5.24 Å². The molecule has 1 amide bonds. The van der Waals surface area contributed by atoms with Crippen molar-refractivity contribution in [2.24, 2.45) is 5.41 Å². The highest BCUT2D eigenvalue weighted by Crippen LogP contribution is 2.33. The van der Waals surface area contributed by atoms with Crippen LogP contribution in [0.4, 0.5) is 29.3 Å². The predicted molar refractivity (Wildman–Crippen MR) is 166 cm³/mol. The number of amides is 1. The lowest BCUT2D eigenvalue weighted by atomic mass is 9.93. The molecule has 5 N–H and O–H groups in total. The summed E-state index contributed by atoms with van der Waals surface area (Å²) in [4.78, 5) is 27.8. The standard InChI is InChI=1S/C31H38F3N5O5S/c1-29(2,3)27(40)43-19-30(4,21-10-8-11-22(17-21)44-31(32,33)34)38-45-28(41)37-25-20(9-7-12-23(25)35)18-39-15-16-42-26(39)24-13-5-6-14-36-24/h7-12,15-17,36,38H,5-6,13-14,18-19,35H2,1-4H3,(H,37,41)/b26-24-. The number of hydrogen-bond donors (Lipinski definition) is 4. The molecule has 244 valence electrons. The Morgan fingerprint density at radius 1 is 1.11 bits per heavy atom. The molecule has 0 radical (unpaired) electrons. The largest absolute Gasteiger partial charge is 0.573 e. The van der Waals surface area contributed by atoms with Gasteiger partial charge >= 0.3 is 12.3 Å². The van der Waals surface area contributed by atoms with Crippen molar-refractivity contribution in [1.82, 2.24) is 14.9 Å². The Bertz CT molecular complexity index is 1450. The third-order valence-corrected chi connectivity index (χ3v) is 7.90.